The summed E-state index contributed by atoms with van der Waals surface area (Å²) in [5, 5.41) is 12.8. The first kappa shape index (κ1) is 64.2. The summed E-state index contributed by atoms with van der Waals surface area (Å²) in [7, 11) is -0.400. The Kier molecular flexibility index (Phi) is 18.5. The summed E-state index contributed by atoms with van der Waals surface area (Å²) in [5.41, 5.74) is 9.85. The number of carbonyl (C=O) groups excluding carboxylic acids is 3. The second-order valence-electron chi connectivity index (χ2n) is 29.8. The minimum Gasteiger partial charge on any atom is -0.481 e. The number of rotatable bonds is 16. The standard InChI is InChI=1S/C36H46BNO5.C22H24O4.C14H24BNO2.CH4/c1-22(2)17-23(18-33(39)41-21-29-27-13-8-6-11-25(27)26-12-7-9-14-28(26)29)34(40)38-16-10-15-32(38)37-42-31-20-24-19-30(35(24,3)4)36(31,5)43-37;1-14(2)11-15(22(24)25)12-21(23)26-13-20-18-9-5-3-7-16(18)17-8-4-6-10-19(17)20;1-13(2)9-7-10(13)14(3)11(8-9)17-15(18-14)12-5-4-6-16-12;/h6-9,11-14,22-24,29-32H,10,15-21H2,1-5H3;3-10,14-15,20H,11-13H2,1-2H3,(H,24,25);9-12,16H,4-8H2,1-3H3;1H4/t23-,24+,30+,31-,32+,36+;15-;9-,10-,11+,12-,14-;/m110./s1. The number of fused-ring (bicyclic) bond motifs is 6. The van der Waals surface area contributed by atoms with E-state index in [0.29, 0.717) is 54.6 Å². The van der Waals surface area contributed by atoms with Gasteiger partial charge in [0.25, 0.3) is 0 Å². The summed E-state index contributed by atoms with van der Waals surface area (Å²) in [4.78, 5) is 53.1. The molecule has 0 spiro atoms. The van der Waals surface area contributed by atoms with Gasteiger partial charge in [0.2, 0.25) is 5.91 Å². The number of likely N-dealkylation sites (tertiary alicyclic amines) is 1. The molecule has 4 aromatic carbocycles. The van der Waals surface area contributed by atoms with Crippen molar-refractivity contribution in [3.05, 3.63) is 119 Å². The quantitative estimate of drug-likeness (QED) is 0.0809. The van der Waals surface area contributed by atoms with E-state index in [9.17, 15) is 24.3 Å². The molecule has 4 saturated heterocycles. The molecule has 8 aliphatic carbocycles. The van der Waals surface area contributed by atoms with Gasteiger partial charge in [0.1, 0.15) is 13.2 Å². The number of hydrogen-bond acceptors (Lipinski definition) is 11. The number of carbonyl (C=O) groups is 4. The van der Waals surface area contributed by atoms with Crippen LogP contribution in [0.3, 0.4) is 0 Å². The lowest BCUT2D eigenvalue weighted by Gasteiger charge is -2.64. The van der Waals surface area contributed by atoms with Crippen molar-refractivity contribution in [2.24, 2.45) is 58.2 Å². The molecule has 13 nitrogen and oxygen atoms in total. The average Bonchev–Trinajstić information content (AvgIpc) is 1.45. The van der Waals surface area contributed by atoms with Crippen molar-refractivity contribution < 1.29 is 52.4 Å². The molecule has 4 aromatic rings. The van der Waals surface area contributed by atoms with E-state index in [2.05, 4.69) is 121 Å². The predicted molar refractivity (Wildman–Crippen MR) is 345 cm³/mol. The maximum absolute atomic E-state index is 14.1. The van der Waals surface area contributed by atoms with Gasteiger partial charge in [-0.05, 0) is 175 Å². The van der Waals surface area contributed by atoms with Crippen molar-refractivity contribution in [3.8, 4) is 22.3 Å². The predicted octanol–water partition coefficient (Wildman–Crippen LogP) is 13.8. The Labute approximate surface area is 525 Å². The fraction of sp³-hybridized carbons (Fsp3) is 0.616. The van der Waals surface area contributed by atoms with E-state index in [0.717, 1.165) is 42.9 Å². The van der Waals surface area contributed by atoms with E-state index in [1.165, 1.54) is 65.5 Å². The van der Waals surface area contributed by atoms with E-state index >= 15 is 0 Å². The molecule has 4 bridgehead atoms. The molecule has 4 aliphatic heterocycles. The zero-order valence-electron chi connectivity index (χ0n) is 53.3. The summed E-state index contributed by atoms with van der Waals surface area (Å²) in [6.07, 6.45) is 10.6. The number of hydrogen-bond donors (Lipinski definition) is 2. The molecule has 4 heterocycles. The normalized spacial score (nSPS) is 30.1. The van der Waals surface area contributed by atoms with Gasteiger partial charge >= 0.3 is 32.1 Å². The Hall–Kier alpha value is -5.31. The molecule has 16 rings (SSSR count). The second-order valence-corrected chi connectivity index (χ2v) is 29.8. The smallest absolute Gasteiger partial charge is 0.481 e. The third kappa shape index (κ3) is 11.9. The molecular formula is C73H98B2N2O11. The summed E-state index contributed by atoms with van der Waals surface area (Å²) in [6, 6.07) is 33.0. The van der Waals surface area contributed by atoms with Crippen LogP contribution in [0.4, 0.5) is 0 Å². The van der Waals surface area contributed by atoms with Crippen molar-refractivity contribution in [3.63, 3.8) is 0 Å². The molecule has 472 valence electrons. The van der Waals surface area contributed by atoms with Crippen molar-refractivity contribution >= 4 is 38.1 Å². The monoisotopic (exact) mass is 1200 g/mol. The lowest BCUT2D eigenvalue weighted by molar-refractivity contribution is -0.199. The molecule has 1 amide bonds. The number of benzene rings is 4. The number of carboxylic acids is 1. The zero-order valence-corrected chi connectivity index (χ0v) is 53.3. The Morgan fingerprint density at radius 2 is 1.01 bits per heavy atom. The van der Waals surface area contributed by atoms with Gasteiger partial charge in [-0.15, -0.1) is 0 Å². The number of carboxylic acid groups (broad SMARTS) is 1. The first-order valence-electron chi connectivity index (χ1n) is 33.2. The van der Waals surface area contributed by atoms with Gasteiger partial charge in [0.05, 0.1) is 48.1 Å². The highest BCUT2D eigenvalue weighted by Crippen LogP contribution is 2.67. The maximum Gasteiger partial charge on any atom is 0.481 e. The minimum absolute atomic E-state index is 0. The molecule has 12 atom stereocenters. The lowest BCUT2D eigenvalue weighted by Crippen LogP contribution is -2.65. The highest BCUT2D eigenvalue weighted by atomic mass is 16.7. The number of nitrogens with one attached hydrogen (secondary N) is 1. The van der Waals surface area contributed by atoms with Gasteiger partial charge in [-0.3, -0.25) is 19.2 Å². The third-order valence-corrected chi connectivity index (χ3v) is 23.0. The van der Waals surface area contributed by atoms with Gasteiger partial charge < -0.3 is 43.4 Å². The van der Waals surface area contributed by atoms with Crippen LogP contribution in [0, 0.1) is 58.2 Å². The highest BCUT2D eigenvalue weighted by Gasteiger charge is 2.70. The topological polar surface area (TPSA) is 159 Å². The van der Waals surface area contributed by atoms with Gasteiger partial charge in [0, 0.05) is 30.2 Å². The number of esters is 2. The average molecular weight is 1200 g/mol. The first-order chi connectivity index (χ1) is 41.6. The SMILES string of the molecule is C.CC(C)C[C@H](CC(=O)OCC1c2ccccc2-c2ccccc21)C(=O)N1CCC[C@H]1B1O[C@@H]2C[C@@H]3C[C@@H](C3(C)C)[C@]2(C)O1.CC(C)C[C@H](CC(=O)OCC1c2ccccc2-c2ccccc21)C(=O)O.CC1(C)[C@@H]2C[C@H]3OB([C@@H]4CCCN4)O[C@@]3(C)[C@H]1C2. The highest BCUT2D eigenvalue weighted by molar-refractivity contribution is 6.48. The third-order valence-electron chi connectivity index (χ3n) is 23.0. The van der Waals surface area contributed by atoms with Crippen molar-refractivity contribution in [2.75, 3.05) is 26.3 Å². The Balaban J connectivity index is 0.000000150. The fourth-order valence-corrected chi connectivity index (χ4v) is 18.1. The van der Waals surface area contributed by atoms with Crippen molar-refractivity contribution in [1.29, 1.82) is 0 Å². The van der Waals surface area contributed by atoms with E-state index in [4.69, 9.17) is 28.1 Å². The molecule has 12 aliphatic rings. The van der Waals surface area contributed by atoms with Crippen LogP contribution in [0.25, 0.3) is 22.3 Å². The van der Waals surface area contributed by atoms with Gasteiger partial charge in [-0.1, -0.05) is 160 Å². The first-order valence-corrected chi connectivity index (χ1v) is 33.2. The molecule has 0 unspecified atom stereocenters. The molecule has 10 fully saturated rings. The summed E-state index contributed by atoms with van der Waals surface area (Å²) in [5.74, 6) is 0.792. The maximum atomic E-state index is 14.1. The number of amides is 1. The fourth-order valence-electron chi connectivity index (χ4n) is 18.1. The van der Waals surface area contributed by atoms with Crippen molar-refractivity contribution in [1.82, 2.24) is 10.2 Å². The number of nitrogens with zero attached hydrogens (tertiary/aromatic N) is 1. The lowest BCUT2D eigenvalue weighted by atomic mass is 9.43. The molecule has 15 heteroatoms. The number of aliphatic carboxylic acids is 1. The Morgan fingerprint density at radius 1 is 0.591 bits per heavy atom. The largest absolute Gasteiger partial charge is 0.481 e. The van der Waals surface area contributed by atoms with E-state index in [1.807, 2.05) is 55.1 Å². The van der Waals surface area contributed by atoms with E-state index in [-0.39, 0.29) is 105 Å². The second kappa shape index (κ2) is 25.4. The minimum atomic E-state index is -0.938. The summed E-state index contributed by atoms with van der Waals surface area (Å²) in [6.45, 7) is 24.6. The Bertz CT molecular complexity index is 3110. The van der Waals surface area contributed by atoms with E-state index in [1.54, 1.807) is 0 Å². The molecule has 0 aromatic heterocycles. The molecule has 0 radical (unpaired) electrons. The summed E-state index contributed by atoms with van der Waals surface area (Å²) >= 11 is 0. The Morgan fingerprint density at radius 3 is 1.43 bits per heavy atom. The van der Waals surface area contributed by atoms with Crippen LogP contribution in [-0.4, -0.2) is 110 Å². The van der Waals surface area contributed by atoms with Crippen LogP contribution in [0.1, 0.15) is 188 Å². The van der Waals surface area contributed by atoms with Gasteiger partial charge in [-0.2, -0.15) is 0 Å². The van der Waals surface area contributed by atoms with Gasteiger partial charge in [-0.25, -0.2) is 0 Å². The van der Waals surface area contributed by atoms with Crippen LogP contribution >= 0.6 is 0 Å². The van der Waals surface area contributed by atoms with Crippen LogP contribution in [-0.2, 0) is 47.3 Å². The molecular weight excluding hydrogens is 1100 g/mol. The van der Waals surface area contributed by atoms with Crippen LogP contribution in [0.15, 0.2) is 97.1 Å². The summed E-state index contributed by atoms with van der Waals surface area (Å²) < 4.78 is 37.5. The van der Waals surface area contributed by atoms with Crippen LogP contribution in [0.5, 0.6) is 0 Å². The van der Waals surface area contributed by atoms with Crippen LogP contribution in [0.2, 0.25) is 0 Å². The zero-order chi connectivity index (χ0) is 61.3. The van der Waals surface area contributed by atoms with Crippen molar-refractivity contribution in [2.45, 2.75) is 201 Å². The van der Waals surface area contributed by atoms with E-state index < -0.39 is 30.9 Å². The number of ether oxygens (including phenoxy) is 2. The van der Waals surface area contributed by atoms with Gasteiger partial charge in [0.15, 0.2) is 0 Å². The van der Waals surface area contributed by atoms with Crippen LogP contribution < -0.4 is 5.32 Å². The molecule has 6 saturated carbocycles. The molecule has 88 heavy (non-hydrogen) atoms. The molecule has 2 N–H and O–H groups in total.